The molecule has 1 amide bonds. The maximum Gasteiger partial charge on any atom is 0.345 e. The summed E-state index contributed by atoms with van der Waals surface area (Å²) in [6.45, 7) is 1.56. The van der Waals surface area contributed by atoms with Crippen LogP contribution in [0.25, 0.3) is 0 Å². The lowest BCUT2D eigenvalue weighted by atomic mass is 9.96. The quantitative estimate of drug-likeness (QED) is 0.782. The third kappa shape index (κ3) is 2.30. The summed E-state index contributed by atoms with van der Waals surface area (Å²) in [6, 6.07) is 0.239. The number of carbonyl (C=O) groups is 1. The fourth-order valence-corrected chi connectivity index (χ4v) is 2.79. The smallest absolute Gasteiger partial charge is 0.345 e. The molecule has 0 aromatic carbocycles. The minimum absolute atomic E-state index is 0.0112. The monoisotopic (exact) mass is 266 g/mol. The highest BCUT2D eigenvalue weighted by Gasteiger charge is 2.54. The van der Waals surface area contributed by atoms with Crippen LogP contribution in [0.4, 0.5) is 0 Å². The average molecular weight is 266 g/mol. The molecule has 1 spiro atoms. The highest BCUT2D eigenvalue weighted by atomic mass is 16.5. The molecule has 1 aromatic heterocycles. The van der Waals surface area contributed by atoms with Crippen LogP contribution in [0.3, 0.4) is 0 Å². The molecule has 0 radical (unpaired) electrons. The van der Waals surface area contributed by atoms with E-state index >= 15 is 0 Å². The van der Waals surface area contributed by atoms with Crippen molar-refractivity contribution < 1.29 is 9.53 Å². The molecule has 0 bridgehead atoms. The number of hydrogen-bond acceptors (Lipinski definition) is 4. The number of aryl methyl sites for hydroxylation is 1. The number of carbonyl (C=O) groups excluding carboxylic acids is 1. The first kappa shape index (κ1) is 12.4. The summed E-state index contributed by atoms with van der Waals surface area (Å²) in [4.78, 5) is 23.5. The van der Waals surface area contributed by atoms with Crippen molar-refractivity contribution in [3.63, 3.8) is 0 Å². The van der Waals surface area contributed by atoms with Crippen LogP contribution in [0, 0.1) is 5.41 Å². The molecule has 1 saturated carbocycles. The molecular weight excluding hydrogens is 248 g/mol. The normalized spacial score (nSPS) is 24.4. The van der Waals surface area contributed by atoms with Crippen LogP contribution in [-0.4, -0.2) is 39.5 Å². The molecule has 7 heteroatoms. The van der Waals surface area contributed by atoms with Gasteiger partial charge in [-0.05, 0) is 24.7 Å². The molecule has 2 fully saturated rings. The number of rotatable bonds is 3. The van der Waals surface area contributed by atoms with E-state index in [0.29, 0.717) is 0 Å². The van der Waals surface area contributed by atoms with Crippen molar-refractivity contribution in [2.45, 2.75) is 31.8 Å². The van der Waals surface area contributed by atoms with Crippen LogP contribution >= 0.6 is 0 Å². The summed E-state index contributed by atoms with van der Waals surface area (Å²) in [5, 5.41) is 6.87. The lowest BCUT2D eigenvalue weighted by Crippen LogP contribution is -2.37. The van der Waals surface area contributed by atoms with Gasteiger partial charge in [0, 0.05) is 26.3 Å². The Morgan fingerprint density at radius 3 is 2.95 bits per heavy atom. The Labute approximate surface area is 110 Å². The zero-order valence-electron chi connectivity index (χ0n) is 11.0. The number of nitrogens with zero attached hydrogens (tertiary/aromatic N) is 3. The lowest BCUT2D eigenvalue weighted by Gasteiger charge is -2.22. The van der Waals surface area contributed by atoms with Gasteiger partial charge in [0.05, 0.1) is 0 Å². The van der Waals surface area contributed by atoms with E-state index in [1.165, 1.54) is 15.6 Å². The van der Waals surface area contributed by atoms with E-state index in [0.717, 1.165) is 32.5 Å². The molecule has 1 N–H and O–H groups in total. The van der Waals surface area contributed by atoms with Gasteiger partial charge in [0.1, 0.15) is 12.9 Å². The standard InChI is InChI=1S/C12H18N4O3/c1-15-8-13-16(11(15)18)7-10(17)14-9-6-12(9)2-4-19-5-3-12/h8-9H,2-7H2,1H3,(H,14,17)/t9-/m0/s1. The molecule has 1 aliphatic carbocycles. The van der Waals surface area contributed by atoms with E-state index in [1.807, 2.05) is 0 Å². The van der Waals surface area contributed by atoms with Crippen molar-refractivity contribution in [2.24, 2.45) is 12.5 Å². The number of ether oxygens (including phenoxy) is 1. The maximum absolute atomic E-state index is 11.9. The molecule has 104 valence electrons. The third-order valence-corrected chi connectivity index (χ3v) is 4.19. The number of aromatic nitrogens is 3. The lowest BCUT2D eigenvalue weighted by molar-refractivity contribution is -0.122. The van der Waals surface area contributed by atoms with E-state index in [1.54, 1.807) is 7.05 Å². The van der Waals surface area contributed by atoms with E-state index in [2.05, 4.69) is 10.4 Å². The van der Waals surface area contributed by atoms with Gasteiger partial charge in [-0.2, -0.15) is 5.10 Å². The second-order valence-corrected chi connectivity index (χ2v) is 5.48. The van der Waals surface area contributed by atoms with Gasteiger partial charge in [-0.1, -0.05) is 0 Å². The van der Waals surface area contributed by atoms with Gasteiger partial charge in [0.2, 0.25) is 5.91 Å². The molecule has 2 heterocycles. The predicted molar refractivity (Wildman–Crippen MR) is 66.5 cm³/mol. The van der Waals surface area contributed by atoms with Gasteiger partial charge in [0.25, 0.3) is 0 Å². The second kappa shape index (κ2) is 4.48. The SMILES string of the molecule is Cn1cnn(CC(=O)N[C@H]2CC23CCOCC3)c1=O. The Bertz CT molecular complexity index is 541. The van der Waals surface area contributed by atoms with Crippen LogP contribution in [0.1, 0.15) is 19.3 Å². The van der Waals surface area contributed by atoms with Crippen molar-refractivity contribution in [1.29, 1.82) is 0 Å². The first-order valence-electron chi connectivity index (χ1n) is 6.56. The predicted octanol–water partition coefficient (Wildman–Crippen LogP) is -0.733. The van der Waals surface area contributed by atoms with Crippen molar-refractivity contribution in [2.75, 3.05) is 13.2 Å². The van der Waals surface area contributed by atoms with Gasteiger partial charge in [0.15, 0.2) is 0 Å². The summed E-state index contributed by atoms with van der Waals surface area (Å²) >= 11 is 0. The van der Waals surface area contributed by atoms with Crippen LogP contribution in [-0.2, 0) is 23.1 Å². The minimum Gasteiger partial charge on any atom is -0.381 e. The molecule has 19 heavy (non-hydrogen) atoms. The topological polar surface area (TPSA) is 78.2 Å². The molecule has 1 aromatic rings. The van der Waals surface area contributed by atoms with Gasteiger partial charge in [-0.3, -0.25) is 9.36 Å². The van der Waals surface area contributed by atoms with Crippen LogP contribution in [0.15, 0.2) is 11.1 Å². The average Bonchev–Trinajstić information content (AvgIpc) is 2.94. The van der Waals surface area contributed by atoms with Crippen LogP contribution in [0.5, 0.6) is 0 Å². The fraction of sp³-hybridized carbons (Fsp3) is 0.750. The fourth-order valence-electron chi connectivity index (χ4n) is 2.79. The van der Waals surface area contributed by atoms with Crippen LogP contribution in [0.2, 0.25) is 0 Å². The Kier molecular flexibility index (Phi) is 2.93. The largest absolute Gasteiger partial charge is 0.381 e. The second-order valence-electron chi connectivity index (χ2n) is 5.48. The number of amides is 1. The molecular formula is C12H18N4O3. The Balaban J connectivity index is 1.55. The molecule has 0 unspecified atom stereocenters. The number of hydrogen-bond donors (Lipinski definition) is 1. The molecule has 7 nitrogen and oxygen atoms in total. The van der Waals surface area contributed by atoms with E-state index in [9.17, 15) is 9.59 Å². The van der Waals surface area contributed by atoms with Gasteiger partial charge in [-0.15, -0.1) is 0 Å². The van der Waals surface area contributed by atoms with E-state index < -0.39 is 0 Å². The zero-order valence-corrected chi connectivity index (χ0v) is 11.0. The molecule has 1 saturated heterocycles. The Morgan fingerprint density at radius 1 is 1.58 bits per heavy atom. The molecule has 3 rings (SSSR count). The molecule has 1 atom stereocenters. The Morgan fingerprint density at radius 2 is 2.32 bits per heavy atom. The van der Waals surface area contributed by atoms with Gasteiger partial charge >= 0.3 is 5.69 Å². The van der Waals surface area contributed by atoms with Gasteiger partial charge in [-0.25, -0.2) is 9.48 Å². The van der Waals surface area contributed by atoms with E-state index in [-0.39, 0.29) is 29.6 Å². The van der Waals surface area contributed by atoms with Crippen molar-refractivity contribution in [3.8, 4) is 0 Å². The maximum atomic E-state index is 11.9. The molecule has 2 aliphatic rings. The van der Waals surface area contributed by atoms with Crippen molar-refractivity contribution in [3.05, 3.63) is 16.8 Å². The highest BCUT2D eigenvalue weighted by Crippen LogP contribution is 2.53. The number of nitrogens with one attached hydrogen (secondary N) is 1. The van der Waals surface area contributed by atoms with E-state index in [4.69, 9.17) is 4.74 Å². The van der Waals surface area contributed by atoms with Gasteiger partial charge < -0.3 is 10.1 Å². The Hall–Kier alpha value is -1.63. The summed E-state index contributed by atoms with van der Waals surface area (Å²) < 4.78 is 7.87. The van der Waals surface area contributed by atoms with Crippen molar-refractivity contribution >= 4 is 5.91 Å². The summed E-state index contributed by atoms with van der Waals surface area (Å²) in [5.41, 5.74) is -0.0186. The first-order valence-corrected chi connectivity index (χ1v) is 6.56. The van der Waals surface area contributed by atoms with Crippen LogP contribution < -0.4 is 11.0 Å². The summed E-state index contributed by atoms with van der Waals surface area (Å²) in [5.74, 6) is -0.144. The molecule has 1 aliphatic heterocycles. The minimum atomic E-state index is -0.272. The summed E-state index contributed by atoms with van der Waals surface area (Å²) in [6.07, 6.45) is 4.47. The third-order valence-electron chi connectivity index (χ3n) is 4.19. The summed E-state index contributed by atoms with van der Waals surface area (Å²) in [7, 11) is 1.61. The highest BCUT2D eigenvalue weighted by molar-refractivity contribution is 5.76. The first-order chi connectivity index (χ1) is 9.11. The van der Waals surface area contributed by atoms with Crippen molar-refractivity contribution in [1.82, 2.24) is 19.7 Å². The zero-order chi connectivity index (χ0) is 13.5.